The molecule has 7 nitrogen and oxygen atoms in total. The number of benzene rings is 1. The number of ether oxygens (including phenoxy) is 3. The molecule has 150 valence electrons. The van der Waals surface area contributed by atoms with Crippen molar-refractivity contribution in [1.29, 1.82) is 0 Å². The summed E-state index contributed by atoms with van der Waals surface area (Å²) in [6.07, 6.45) is 6.22. The van der Waals surface area contributed by atoms with E-state index in [1.54, 1.807) is 6.26 Å². The summed E-state index contributed by atoms with van der Waals surface area (Å²) in [4.78, 5) is 4.73. The zero-order valence-electron chi connectivity index (χ0n) is 16.0. The lowest BCUT2D eigenvalue weighted by Crippen LogP contribution is -2.43. The maximum atomic E-state index is 5.81. The van der Waals surface area contributed by atoms with Crippen LogP contribution in [0.15, 0.2) is 46.0 Å². The molecule has 0 amide bonds. The maximum Gasteiger partial charge on any atom is 0.231 e. The highest BCUT2D eigenvalue weighted by atomic mass is 16.7. The van der Waals surface area contributed by atoms with Crippen molar-refractivity contribution in [3.05, 3.63) is 47.9 Å². The van der Waals surface area contributed by atoms with Gasteiger partial charge in [0.2, 0.25) is 6.79 Å². The third-order valence-electron chi connectivity index (χ3n) is 4.87. The third kappa shape index (κ3) is 5.19. The fourth-order valence-electron chi connectivity index (χ4n) is 3.32. The number of nitrogens with zero attached hydrogens (tertiary/aromatic N) is 1. The van der Waals surface area contributed by atoms with Crippen molar-refractivity contribution in [3.63, 3.8) is 0 Å². The molecule has 0 saturated carbocycles. The van der Waals surface area contributed by atoms with Crippen LogP contribution in [0.4, 0.5) is 0 Å². The van der Waals surface area contributed by atoms with Gasteiger partial charge >= 0.3 is 0 Å². The molecule has 3 heterocycles. The molecule has 1 aromatic carbocycles. The Hall–Kier alpha value is -2.67. The number of hydrogen-bond donors (Lipinski definition) is 2. The SMILES string of the molecule is c1coc(CCNC(=NCc2ccc3c(c2)OCO3)NCC2CCCCO2)c1. The number of furan rings is 1. The van der Waals surface area contributed by atoms with E-state index in [9.17, 15) is 0 Å². The molecule has 1 unspecified atom stereocenters. The van der Waals surface area contributed by atoms with E-state index in [1.165, 1.54) is 6.42 Å². The highest BCUT2D eigenvalue weighted by molar-refractivity contribution is 5.79. The first-order valence-corrected chi connectivity index (χ1v) is 9.91. The largest absolute Gasteiger partial charge is 0.469 e. The van der Waals surface area contributed by atoms with E-state index in [0.717, 1.165) is 67.7 Å². The lowest BCUT2D eigenvalue weighted by atomic mass is 10.1. The molecule has 1 saturated heterocycles. The summed E-state index contributed by atoms with van der Waals surface area (Å²) in [6.45, 7) is 3.19. The first-order valence-electron chi connectivity index (χ1n) is 9.91. The molecule has 7 heteroatoms. The van der Waals surface area contributed by atoms with Gasteiger partial charge in [-0.05, 0) is 49.1 Å². The quantitative estimate of drug-likeness (QED) is 0.564. The first kappa shape index (κ1) is 18.7. The van der Waals surface area contributed by atoms with Gasteiger partial charge in [0.25, 0.3) is 0 Å². The second kappa shape index (κ2) is 9.50. The van der Waals surface area contributed by atoms with E-state index in [4.69, 9.17) is 23.6 Å². The minimum atomic E-state index is 0.247. The monoisotopic (exact) mass is 385 g/mol. The van der Waals surface area contributed by atoms with E-state index >= 15 is 0 Å². The minimum absolute atomic E-state index is 0.247. The Morgan fingerprint density at radius 3 is 2.93 bits per heavy atom. The summed E-state index contributed by atoms with van der Waals surface area (Å²) in [7, 11) is 0. The molecule has 0 aliphatic carbocycles. The number of hydrogen-bond acceptors (Lipinski definition) is 5. The third-order valence-corrected chi connectivity index (χ3v) is 4.87. The minimum Gasteiger partial charge on any atom is -0.469 e. The first-order chi connectivity index (χ1) is 13.9. The van der Waals surface area contributed by atoms with Gasteiger partial charge in [-0.15, -0.1) is 0 Å². The van der Waals surface area contributed by atoms with E-state index in [2.05, 4.69) is 10.6 Å². The number of nitrogens with one attached hydrogen (secondary N) is 2. The zero-order valence-corrected chi connectivity index (χ0v) is 16.0. The predicted molar refractivity (Wildman–Crippen MR) is 106 cm³/mol. The van der Waals surface area contributed by atoms with Crippen LogP contribution in [0.3, 0.4) is 0 Å². The van der Waals surface area contributed by atoms with Gasteiger partial charge in [0.1, 0.15) is 5.76 Å². The summed E-state index contributed by atoms with van der Waals surface area (Å²) in [5, 5.41) is 6.81. The molecule has 2 aliphatic heterocycles. The molecule has 1 aromatic heterocycles. The Labute approximate surface area is 165 Å². The van der Waals surface area contributed by atoms with Crippen LogP contribution in [0.5, 0.6) is 11.5 Å². The van der Waals surface area contributed by atoms with Gasteiger partial charge in [-0.2, -0.15) is 0 Å². The molecule has 2 aliphatic rings. The van der Waals surface area contributed by atoms with Crippen molar-refractivity contribution in [2.24, 2.45) is 4.99 Å². The summed E-state index contributed by atoms with van der Waals surface area (Å²) >= 11 is 0. The maximum absolute atomic E-state index is 5.81. The number of rotatable bonds is 7. The molecular weight excluding hydrogens is 358 g/mol. The van der Waals surface area contributed by atoms with Gasteiger partial charge in [-0.3, -0.25) is 0 Å². The van der Waals surface area contributed by atoms with Crippen LogP contribution in [0.25, 0.3) is 0 Å². The van der Waals surface area contributed by atoms with Crippen molar-refractivity contribution >= 4 is 5.96 Å². The summed E-state index contributed by atoms with van der Waals surface area (Å²) < 4.78 is 22.0. The van der Waals surface area contributed by atoms with E-state index in [1.807, 2.05) is 30.3 Å². The van der Waals surface area contributed by atoms with Gasteiger partial charge in [0.15, 0.2) is 17.5 Å². The van der Waals surface area contributed by atoms with Crippen LogP contribution in [-0.4, -0.2) is 38.6 Å². The van der Waals surface area contributed by atoms with Gasteiger partial charge in [-0.25, -0.2) is 4.99 Å². The summed E-state index contributed by atoms with van der Waals surface area (Å²) in [6, 6.07) is 9.82. The average molecular weight is 385 g/mol. The zero-order chi connectivity index (χ0) is 19.0. The molecule has 1 atom stereocenters. The van der Waals surface area contributed by atoms with E-state index in [-0.39, 0.29) is 12.9 Å². The Bertz CT molecular complexity index is 770. The van der Waals surface area contributed by atoms with Crippen LogP contribution in [0, 0.1) is 0 Å². The molecule has 0 radical (unpaired) electrons. The Balaban J connectivity index is 1.34. The van der Waals surface area contributed by atoms with Gasteiger partial charge in [0.05, 0.1) is 18.9 Å². The standard InChI is InChI=1S/C21H27N3O4/c1-2-10-26-18(4-1)14-24-21(22-9-8-17-5-3-11-25-17)23-13-16-6-7-19-20(12-16)28-15-27-19/h3,5-7,11-12,18H,1-2,4,8-10,13-15H2,(H2,22,23,24). The molecule has 2 aromatic rings. The molecule has 1 fully saturated rings. The fraction of sp³-hybridized carbons (Fsp3) is 0.476. The van der Waals surface area contributed by atoms with Gasteiger partial charge < -0.3 is 29.3 Å². The van der Waals surface area contributed by atoms with Crippen molar-refractivity contribution < 1.29 is 18.6 Å². The smallest absolute Gasteiger partial charge is 0.231 e. The van der Waals surface area contributed by atoms with Crippen LogP contribution < -0.4 is 20.1 Å². The van der Waals surface area contributed by atoms with Crippen LogP contribution in [0.1, 0.15) is 30.6 Å². The van der Waals surface area contributed by atoms with Crippen molar-refractivity contribution in [2.45, 2.75) is 38.3 Å². The molecule has 0 bridgehead atoms. The van der Waals surface area contributed by atoms with Gasteiger partial charge in [0, 0.05) is 26.1 Å². The Morgan fingerprint density at radius 1 is 1.11 bits per heavy atom. The average Bonchev–Trinajstić information content (AvgIpc) is 3.41. The van der Waals surface area contributed by atoms with Crippen molar-refractivity contribution in [1.82, 2.24) is 10.6 Å². The topological polar surface area (TPSA) is 77.3 Å². The summed E-state index contributed by atoms with van der Waals surface area (Å²) in [5.41, 5.74) is 1.07. The molecule has 2 N–H and O–H groups in total. The molecule has 28 heavy (non-hydrogen) atoms. The van der Waals surface area contributed by atoms with Gasteiger partial charge in [-0.1, -0.05) is 6.07 Å². The highest BCUT2D eigenvalue weighted by Gasteiger charge is 2.15. The van der Waals surface area contributed by atoms with Crippen LogP contribution in [0.2, 0.25) is 0 Å². The van der Waals surface area contributed by atoms with Crippen LogP contribution in [-0.2, 0) is 17.7 Å². The number of guanidine groups is 1. The normalized spacial score (nSPS) is 18.9. The Kier molecular flexibility index (Phi) is 6.34. The van der Waals surface area contributed by atoms with E-state index < -0.39 is 0 Å². The van der Waals surface area contributed by atoms with Crippen molar-refractivity contribution in [3.8, 4) is 11.5 Å². The Morgan fingerprint density at radius 2 is 2.07 bits per heavy atom. The fourth-order valence-corrected chi connectivity index (χ4v) is 3.32. The lowest BCUT2D eigenvalue weighted by molar-refractivity contribution is 0.0194. The summed E-state index contributed by atoms with van der Waals surface area (Å²) in [5.74, 6) is 3.30. The number of aliphatic imine (C=N–C) groups is 1. The lowest BCUT2D eigenvalue weighted by Gasteiger charge is -2.23. The second-order valence-electron chi connectivity index (χ2n) is 6.98. The molecular formula is C21H27N3O4. The molecule has 4 rings (SSSR count). The van der Waals surface area contributed by atoms with Crippen LogP contribution >= 0.6 is 0 Å². The highest BCUT2D eigenvalue weighted by Crippen LogP contribution is 2.32. The van der Waals surface area contributed by atoms with Crippen molar-refractivity contribution in [2.75, 3.05) is 26.5 Å². The predicted octanol–water partition coefficient (Wildman–Crippen LogP) is 2.86. The second-order valence-corrected chi connectivity index (χ2v) is 6.98. The van der Waals surface area contributed by atoms with E-state index in [0.29, 0.717) is 6.54 Å². The number of fused-ring (bicyclic) bond motifs is 1. The molecule has 0 spiro atoms.